The second kappa shape index (κ2) is 3.96. The Morgan fingerprint density at radius 2 is 1.88 bits per heavy atom. The monoisotopic (exact) mass is 220 g/mol. The normalized spacial score (nSPS) is 11.0. The van der Waals surface area contributed by atoms with Crippen molar-refractivity contribution in [3.05, 3.63) is 46.3 Å². The van der Waals surface area contributed by atoms with Gasteiger partial charge in [-0.1, -0.05) is 26.0 Å². The first-order valence-corrected chi connectivity index (χ1v) is 5.16. The van der Waals surface area contributed by atoms with Gasteiger partial charge in [0.1, 0.15) is 5.82 Å². The van der Waals surface area contributed by atoms with Crippen LogP contribution in [0.25, 0.3) is 11.3 Å². The van der Waals surface area contributed by atoms with Crippen LogP contribution in [-0.2, 0) is 0 Å². The molecule has 0 saturated heterocycles. The van der Waals surface area contributed by atoms with Gasteiger partial charge in [0.25, 0.3) is 0 Å². The van der Waals surface area contributed by atoms with Crippen molar-refractivity contribution in [3.8, 4) is 11.3 Å². The van der Waals surface area contributed by atoms with E-state index in [4.69, 9.17) is 0 Å². The molecule has 16 heavy (non-hydrogen) atoms. The van der Waals surface area contributed by atoms with Crippen LogP contribution in [0.3, 0.4) is 0 Å². The number of hydrogen-bond acceptors (Lipinski definition) is 1. The minimum Gasteiger partial charge on any atom is -0.309 e. The van der Waals surface area contributed by atoms with Gasteiger partial charge in [-0.15, -0.1) is 0 Å². The van der Waals surface area contributed by atoms with E-state index in [1.807, 2.05) is 13.8 Å². The zero-order valence-electron chi connectivity index (χ0n) is 9.17. The lowest BCUT2D eigenvalue weighted by molar-refractivity contribution is 0.630. The third kappa shape index (κ3) is 1.78. The zero-order valence-corrected chi connectivity index (χ0v) is 9.17. The third-order valence-corrected chi connectivity index (χ3v) is 2.48. The van der Waals surface area contributed by atoms with Gasteiger partial charge in [0.05, 0.1) is 5.69 Å². The predicted molar refractivity (Wildman–Crippen MR) is 60.9 cm³/mol. The molecule has 0 atom stereocenters. The van der Waals surface area contributed by atoms with Gasteiger partial charge < -0.3 is 9.97 Å². The Balaban J connectivity index is 2.64. The van der Waals surface area contributed by atoms with Crippen molar-refractivity contribution in [3.63, 3.8) is 0 Å². The van der Waals surface area contributed by atoms with E-state index < -0.39 is 0 Å². The van der Waals surface area contributed by atoms with E-state index in [0.717, 1.165) is 5.69 Å². The van der Waals surface area contributed by atoms with Crippen molar-refractivity contribution in [2.45, 2.75) is 19.8 Å². The van der Waals surface area contributed by atoms with Crippen LogP contribution >= 0.6 is 0 Å². The highest BCUT2D eigenvalue weighted by Gasteiger charge is 2.14. The summed E-state index contributed by atoms with van der Waals surface area (Å²) in [5.41, 5.74) is 1.39. The Morgan fingerprint density at radius 3 is 2.50 bits per heavy atom. The molecule has 0 amide bonds. The molecular formula is C12H13FN2O. The molecule has 0 fully saturated rings. The molecule has 3 nitrogen and oxygen atoms in total. The van der Waals surface area contributed by atoms with Gasteiger partial charge in [-0.3, -0.25) is 0 Å². The van der Waals surface area contributed by atoms with Gasteiger partial charge in [-0.05, 0) is 18.1 Å². The van der Waals surface area contributed by atoms with E-state index >= 15 is 0 Å². The van der Waals surface area contributed by atoms with Crippen molar-refractivity contribution < 1.29 is 4.39 Å². The highest BCUT2D eigenvalue weighted by molar-refractivity contribution is 5.62. The molecule has 2 aromatic rings. The molecule has 0 aliphatic rings. The second-order valence-electron chi connectivity index (χ2n) is 4.00. The van der Waals surface area contributed by atoms with Crippen molar-refractivity contribution in [1.29, 1.82) is 0 Å². The highest BCUT2D eigenvalue weighted by atomic mass is 19.1. The van der Waals surface area contributed by atoms with Gasteiger partial charge in [-0.2, -0.15) is 0 Å². The summed E-state index contributed by atoms with van der Waals surface area (Å²) in [6, 6.07) is 6.40. The Labute approximate surface area is 92.3 Å². The minimum absolute atomic E-state index is 0.133. The number of aromatic nitrogens is 2. The second-order valence-corrected chi connectivity index (χ2v) is 4.00. The highest BCUT2D eigenvalue weighted by Crippen LogP contribution is 2.26. The molecule has 1 aromatic heterocycles. The summed E-state index contributed by atoms with van der Waals surface area (Å²) in [5, 5.41) is 0. The van der Waals surface area contributed by atoms with Crippen molar-refractivity contribution >= 4 is 0 Å². The Hall–Kier alpha value is -1.84. The lowest BCUT2D eigenvalue weighted by atomic mass is 10.0. The molecule has 0 saturated carbocycles. The number of H-pyrrole nitrogens is 2. The van der Waals surface area contributed by atoms with Gasteiger partial charge in [-0.25, -0.2) is 9.18 Å². The minimum atomic E-state index is -0.334. The fourth-order valence-corrected chi connectivity index (χ4v) is 1.71. The summed E-state index contributed by atoms with van der Waals surface area (Å²) in [4.78, 5) is 16.6. The first-order valence-electron chi connectivity index (χ1n) is 5.16. The summed E-state index contributed by atoms with van der Waals surface area (Å²) in [7, 11) is 0. The average Bonchev–Trinajstić information content (AvgIpc) is 2.61. The summed E-state index contributed by atoms with van der Waals surface area (Å²) < 4.78 is 13.6. The number of rotatable bonds is 2. The fraction of sp³-hybridized carbons (Fsp3) is 0.250. The molecule has 2 rings (SSSR count). The van der Waals surface area contributed by atoms with E-state index in [2.05, 4.69) is 9.97 Å². The molecule has 1 heterocycles. The average molecular weight is 220 g/mol. The number of imidazole rings is 1. The quantitative estimate of drug-likeness (QED) is 0.803. The van der Waals surface area contributed by atoms with E-state index in [1.165, 1.54) is 6.07 Å². The maximum absolute atomic E-state index is 13.6. The SMILES string of the molecule is CC(C)c1[nH]c(=O)[nH]c1-c1ccccc1F. The van der Waals surface area contributed by atoms with Gasteiger partial charge in [0.2, 0.25) is 0 Å². The smallest absolute Gasteiger partial charge is 0.309 e. The molecular weight excluding hydrogens is 207 g/mol. The summed E-state index contributed by atoms with van der Waals surface area (Å²) in [6.07, 6.45) is 0. The number of nitrogens with one attached hydrogen (secondary N) is 2. The number of halogens is 1. The Bertz CT molecular complexity index is 554. The van der Waals surface area contributed by atoms with E-state index in [0.29, 0.717) is 11.3 Å². The van der Waals surface area contributed by atoms with E-state index in [1.54, 1.807) is 18.2 Å². The van der Waals surface area contributed by atoms with E-state index in [9.17, 15) is 9.18 Å². The van der Waals surface area contributed by atoms with Crippen LogP contribution in [0.4, 0.5) is 4.39 Å². The van der Waals surface area contributed by atoms with Crippen LogP contribution in [0.5, 0.6) is 0 Å². The van der Waals surface area contributed by atoms with Crippen molar-refractivity contribution in [1.82, 2.24) is 9.97 Å². The third-order valence-electron chi connectivity index (χ3n) is 2.48. The number of hydrogen-bond donors (Lipinski definition) is 2. The standard InChI is InChI=1S/C12H13FN2O/c1-7(2)10-11(15-12(16)14-10)8-5-3-4-6-9(8)13/h3-7H,1-2H3,(H2,14,15,16). The molecule has 0 radical (unpaired) electrons. The molecule has 2 N–H and O–H groups in total. The summed E-state index contributed by atoms with van der Waals surface area (Å²) in [5.74, 6) is -0.201. The maximum Gasteiger partial charge on any atom is 0.323 e. The number of benzene rings is 1. The van der Waals surface area contributed by atoms with Crippen LogP contribution in [0, 0.1) is 5.82 Å². The van der Waals surface area contributed by atoms with Crippen LogP contribution < -0.4 is 5.69 Å². The maximum atomic E-state index is 13.6. The molecule has 0 spiro atoms. The van der Waals surface area contributed by atoms with Gasteiger partial charge in [0.15, 0.2) is 0 Å². The molecule has 0 bridgehead atoms. The van der Waals surface area contributed by atoms with Gasteiger partial charge >= 0.3 is 5.69 Å². The lowest BCUT2D eigenvalue weighted by Gasteiger charge is -2.06. The van der Waals surface area contributed by atoms with Crippen LogP contribution in [0.2, 0.25) is 0 Å². The predicted octanol–water partition coefficient (Wildman–Crippen LogP) is 2.63. The van der Waals surface area contributed by atoms with Crippen LogP contribution in [0.15, 0.2) is 29.1 Å². The van der Waals surface area contributed by atoms with Crippen LogP contribution in [-0.4, -0.2) is 9.97 Å². The first kappa shape index (κ1) is 10.7. The summed E-state index contributed by atoms with van der Waals surface area (Å²) in [6.45, 7) is 3.90. The molecule has 1 aromatic carbocycles. The van der Waals surface area contributed by atoms with Crippen LogP contribution in [0.1, 0.15) is 25.5 Å². The van der Waals surface area contributed by atoms with Crippen molar-refractivity contribution in [2.24, 2.45) is 0 Å². The fourth-order valence-electron chi connectivity index (χ4n) is 1.71. The topological polar surface area (TPSA) is 48.6 Å². The lowest BCUT2D eigenvalue weighted by Crippen LogP contribution is -2.01. The molecule has 0 aliphatic heterocycles. The number of aromatic amines is 2. The van der Waals surface area contributed by atoms with Gasteiger partial charge in [0, 0.05) is 11.3 Å². The largest absolute Gasteiger partial charge is 0.323 e. The first-order chi connectivity index (χ1) is 7.59. The Kier molecular flexibility index (Phi) is 2.64. The van der Waals surface area contributed by atoms with Crippen molar-refractivity contribution in [2.75, 3.05) is 0 Å². The van der Waals surface area contributed by atoms with E-state index in [-0.39, 0.29) is 17.4 Å². The Morgan fingerprint density at radius 1 is 1.19 bits per heavy atom. The molecule has 0 unspecified atom stereocenters. The molecule has 84 valence electrons. The zero-order chi connectivity index (χ0) is 11.7. The summed E-state index contributed by atoms with van der Waals surface area (Å²) >= 11 is 0. The molecule has 4 heteroatoms. The molecule has 0 aliphatic carbocycles.